The molecule has 0 aromatic heterocycles. The van der Waals surface area contributed by atoms with Gasteiger partial charge >= 0.3 is 0 Å². The molecule has 0 unspecified atom stereocenters. The van der Waals surface area contributed by atoms with Gasteiger partial charge in [-0.3, -0.25) is 0 Å². The number of aliphatic hydroxyl groups excluding tert-OH is 1. The van der Waals surface area contributed by atoms with E-state index in [0.29, 0.717) is 11.7 Å². The highest BCUT2D eigenvalue weighted by Crippen LogP contribution is 1.63. The lowest BCUT2D eigenvalue weighted by Gasteiger charge is -2.05. The molecule has 0 fully saturated rings. The van der Waals surface area contributed by atoms with E-state index >= 15 is 0 Å². The van der Waals surface area contributed by atoms with Gasteiger partial charge in [-0.25, -0.2) is 0 Å². The van der Waals surface area contributed by atoms with Crippen molar-refractivity contribution in [3.63, 3.8) is 0 Å². The van der Waals surface area contributed by atoms with Gasteiger partial charge in [-0.1, -0.05) is 0 Å². The SMILES string of the molecule is CCNC(=S)NCCO. The first kappa shape index (κ1) is 8.65. The van der Waals surface area contributed by atoms with Gasteiger partial charge in [-0.2, -0.15) is 0 Å². The van der Waals surface area contributed by atoms with E-state index in [1.54, 1.807) is 0 Å². The minimum atomic E-state index is 0.117. The molecule has 4 heteroatoms. The van der Waals surface area contributed by atoms with Crippen LogP contribution in [0.25, 0.3) is 0 Å². The fourth-order valence-corrected chi connectivity index (χ4v) is 0.639. The predicted molar refractivity (Wildman–Crippen MR) is 41.4 cm³/mol. The summed E-state index contributed by atoms with van der Waals surface area (Å²) in [5.41, 5.74) is 0. The topological polar surface area (TPSA) is 44.3 Å². The van der Waals surface area contributed by atoms with E-state index in [4.69, 9.17) is 17.3 Å². The highest BCUT2D eigenvalue weighted by molar-refractivity contribution is 7.80. The Bertz CT molecular complexity index is 87.0. The molecule has 0 rings (SSSR count). The standard InChI is InChI=1S/C5H12N2OS/c1-2-6-5(9)7-3-4-8/h8H,2-4H2,1H3,(H2,6,7,9). The zero-order valence-corrected chi connectivity index (χ0v) is 6.29. The van der Waals surface area contributed by atoms with Crippen molar-refractivity contribution in [1.29, 1.82) is 0 Å². The quantitative estimate of drug-likeness (QED) is 0.470. The lowest BCUT2D eigenvalue weighted by Crippen LogP contribution is -2.36. The van der Waals surface area contributed by atoms with E-state index < -0.39 is 0 Å². The molecule has 0 radical (unpaired) electrons. The smallest absolute Gasteiger partial charge is 0.166 e. The van der Waals surface area contributed by atoms with Crippen molar-refractivity contribution in [2.45, 2.75) is 6.92 Å². The van der Waals surface area contributed by atoms with Gasteiger partial charge in [0.1, 0.15) is 0 Å². The molecule has 3 nitrogen and oxygen atoms in total. The van der Waals surface area contributed by atoms with Crippen LogP contribution in [0.4, 0.5) is 0 Å². The minimum Gasteiger partial charge on any atom is -0.395 e. The van der Waals surface area contributed by atoms with Gasteiger partial charge in [-0.15, -0.1) is 0 Å². The molecule has 3 N–H and O–H groups in total. The van der Waals surface area contributed by atoms with Crippen molar-refractivity contribution in [3.05, 3.63) is 0 Å². The van der Waals surface area contributed by atoms with Crippen LogP contribution in [0.2, 0.25) is 0 Å². The average molecular weight is 148 g/mol. The van der Waals surface area contributed by atoms with Crippen LogP contribution in [0.3, 0.4) is 0 Å². The van der Waals surface area contributed by atoms with Crippen LogP contribution in [0.1, 0.15) is 6.92 Å². The maximum atomic E-state index is 8.33. The van der Waals surface area contributed by atoms with Crippen LogP contribution in [0.15, 0.2) is 0 Å². The van der Waals surface area contributed by atoms with Crippen molar-refractivity contribution in [2.24, 2.45) is 0 Å². The third kappa shape index (κ3) is 5.52. The van der Waals surface area contributed by atoms with Gasteiger partial charge in [0, 0.05) is 13.1 Å². The largest absolute Gasteiger partial charge is 0.395 e. The molecule has 9 heavy (non-hydrogen) atoms. The van der Waals surface area contributed by atoms with Crippen LogP contribution in [0, 0.1) is 0 Å². The highest BCUT2D eigenvalue weighted by Gasteiger charge is 1.87. The van der Waals surface area contributed by atoms with Crippen molar-refractivity contribution < 1.29 is 5.11 Å². The molecule has 0 saturated carbocycles. The van der Waals surface area contributed by atoms with E-state index in [2.05, 4.69) is 10.6 Å². The molecule has 0 aliphatic carbocycles. The molecule has 54 valence electrons. The Balaban J connectivity index is 3.06. The Morgan fingerprint density at radius 2 is 2.22 bits per heavy atom. The molecule has 0 heterocycles. The normalized spacial score (nSPS) is 8.67. The zero-order chi connectivity index (χ0) is 7.11. The van der Waals surface area contributed by atoms with E-state index in [9.17, 15) is 0 Å². The third-order valence-electron chi connectivity index (χ3n) is 0.735. The first-order chi connectivity index (χ1) is 4.31. The Morgan fingerprint density at radius 3 is 2.67 bits per heavy atom. The fourth-order valence-electron chi connectivity index (χ4n) is 0.392. The Labute approximate surface area is 60.5 Å². The first-order valence-electron chi connectivity index (χ1n) is 2.93. The van der Waals surface area contributed by atoms with Crippen molar-refractivity contribution >= 4 is 17.3 Å². The van der Waals surface area contributed by atoms with Gasteiger partial charge in [0.15, 0.2) is 5.11 Å². The summed E-state index contributed by atoms with van der Waals surface area (Å²) in [7, 11) is 0. The summed E-state index contributed by atoms with van der Waals surface area (Å²) in [5, 5.41) is 14.6. The third-order valence-corrected chi connectivity index (χ3v) is 1.02. The van der Waals surface area contributed by atoms with Crippen LogP contribution in [-0.2, 0) is 0 Å². The van der Waals surface area contributed by atoms with Crippen molar-refractivity contribution in [1.82, 2.24) is 10.6 Å². The van der Waals surface area contributed by atoms with Crippen molar-refractivity contribution in [3.8, 4) is 0 Å². The summed E-state index contributed by atoms with van der Waals surface area (Å²) >= 11 is 4.79. The number of hydrogen-bond donors (Lipinski definition) is 3. The van der Waals surface area contributed by atoms with Crippen LogP contribution in [0.5, 0.6) is 0 Å². The second-order valence-electron chi connectivity index (χ2n) is 1.51. The monoisotopic (exact) mass is 148 g/mol. The number of rotatable bonds is 3. The summed E-state index contributed by atoms with van der Waals surface area (Å²) < 4.78 is 0. The molecule has 0 spiro atoms. The molecule has 0 saturated heterocycles. The predicted octanol–water partition coefficient (Wildman–Crippen LogP) is -0.537. The Morgan fingerprint density at radius 1 is 1.56 bits per heavy atom. The molecule has 0 aliphatic heterocycles. The molecule has 0 atom stereocenters. The summed E-state index contributed by atoms with van der Waals surface area (Å²) in [4.78, 5) is 0. The molecule has 0 bridgehead atoms. The number of aliphatic hydroxyl groups is 1. The molecule has 0 amide bonds. The van der Waals surface area contributed by atoms with E-state index in [1.165, 1.54) is 0 Å². The number of nitrogens with one attached hydrogen (secondary N) is 2. The number of hydrogen-bond acceptors (Lipinski definition) is 2. The number of thiocarbonyl (C=S) groups is 1. The van der Waals surface area contributed by atoms with Gasteiger partial charge in [-0.05, 0) is 19.1 Å². The lowest BCUT2D eigenvalue weighted by molar-refractivity contribution is 0.300. The van der Waals surface area contributed by atoms with E-state index in [1.807, 2.05) is 6.92 Å². The fraction of sp³-hybridized carbons (Fsp3) is 0.800. The summed E-state index contributed by atoms with van der Waals surface area (Å²) in [6.07, 6.45) is 0. The lowest BCUT2D eigenvalue weighted by atomic mass is 10.7. The highest BCUT2D eigenvalue weighted by atomic mass is 32.1. The maximum Gasteiger partial charge on any atom is 0.166 e. The molecule has 0 aliphatic rings. The Kier molecular flexibility index (Phi) is 5.56. The van der Waals surface area contributed by atoms with Crippen LogP contribution >= 0.6 is 12.2 Å². The first-order valence-corrected chi connectivity index (χ1v) is 3.34. The molecular weight excluding hydrogens is 136 g/mol. The van der Waals surface area contributed by atoms with Crippen LogP contribution in [-0.4, -0.2) is 29.9 Å². The Hall–Kier alpha value is -0.350. The zero-order valence-electron chi connectivity index (χ0n) is 5.48. The maximum absolute atomic E-state index is 8.33. The summed E-state index contributed by atoms with van der Waals surface area (Å²) in [6.45, 7) is 3.42. The van der Waals surface area contributed by atoms with Gasteiger partial charge < -0.3 is 15.7 Å². The second-order valence-corrected chi connectivity index (χ2v) is 1.92. The molecular formula is C5H12N2OS. The van der Waals surface area contributed by atoms with Gasteiger partial charge in [0.05, 0.1) is 6.61 Å². The second kappa shape index (κ2) is 5.78. The van der Waals surface area contributed by atoms with Crippen molar-refractivity contribution in [2.75, 3.05) is 19.7 Å². The van der Waals surface area contributed by atoms with E-state index in [-0.39, 0.29) is 6.61 Å². The van der Waals surface area contributed by atoms with Gasteiger partial charge in [0.25, 0.3) is 0 Å². The average Bonchev–Trinajstić information content (AvgIpc) is 1.85. The van der Waals surface area contributed by atoms with E-state index in [0.717, 1.165) is 6.54 Å². The molecule has 0 aromatic rings. The minimum absolute atomic E-state index is 0.117. The van der Waals surface area contributed by atoms with Gasteiger partial charge in [0.2, 0.25) is 0 Å². The molecule has 0 aromatic carbocycles. The summed E-state index contributed by atoms with van der Waals surface area (Å²) in [6, 6.07) is 0. The summed E-state index contributed by atoms with van der Waals surface area (Å²) in [5.74, 6) is 0. The van der Waals surface area contributed by atoms with Crippen LogP contribution < -0.4 is 10.6 Å².